The summed E-state index contributed by atoms with van der Waals surface area (Å²) in [6.45, 7) is 2.16. The molecule has 0 radical (unpaired) electrons. The lowest BCUT2D eigenvalue weighted by atomic mass is 10.0. The first-order valence-corrected chi connectivity index (χ1v) is 10.7. The summed E-state index contributed by atoms with van der Waals surface area (Å²) in [5.74, 6) is 3.17. The van der Waals surface area contributed by atoms with Gasteiger partial charge in [-0.1, -0.05) is 12.1 Å². The number of hydrogen-bond donors (Lipinski definition) is 0. The first-order valence-electron chi connectivity index (χ1n) is 10.7. The van der Waals surface area contributed by atoms with E-state index >= 15 is 0 Å². The second-order valence-electron chi connectivity index (χ2n) is 8.05. The molecule has 4 rings (SSSR count). The summed E-state index contributed by atoms with van der Waals surface area (Å²) < 4.78 is 22.8. The van der Waals surface area contributed by atoms with Crippen LogP contribution in [0.3, 0.4) is 0 Å². The van der Waals surface area contributed by atoms with Gasteiger partial charge in [0.1, 0.15) is 24.2 Å². The maximum Gasteiger partial charge on any atom is 0.237 e. The second-order valence-corrected chi connectivity index (χ2v) is 8.05. The molecule has 7 heteroatoms. The van der Waals surface area contributed by atoms with Crippen molar-refractivity contribution < 1.29 is 23.7 Å². The number of carbonyl (C=O) groups is 1. The van der Waals surface area contributed by atoms with E-state index in [2.05, 4.69) is 0 Å². The van der Waals surface area contributed by atoms with Crippen LogP contribution in [0.1, 0.15) is 24.4 Å². The zero-order valence-electron chi connectivity index (χ0n) is 18.4. The molecule has 2 aromatic rings. The molecular formula is C24H30N2O5. The highest BCUT2D eigenvalue weighted by Gasteiger charge is 2.33. The minimum atomic E-state index is -0.111. The number of methoxy groups -OCH3 is 2. The molecule has 0 saturated carbocycles. The Labute approximate surface area is 183 Å². The van der Waals surface area contributed by atoms with Crippen molar-refractivity contribution in [3.05, 3.63) is 48.0 Å². The highest BCUT2D eigenvalue weighted by molar-refractivity contribution is 5.79. The molecule has 0 spiro atoms. The number of likely N-dealkylation sites (tertiary alicyclic amines) is 1. The third-order valence-corrected chi connectivity index (χ3v) is 5.86. The lowest BCUT2D eigenvalue weighted by Crippen LogP contribution is -2.44. The molecule has 0 N–H and O–H groups in total. The standard InChI is InChI=1S/C24H30N2O5/c1-25(14-18-16-30-22-8-4-5-9-23(22)31-18)15-24(27)26-12-6-7-20(26)19-13-17(28-2)10-11-21(19)29-3/h4-5,8-11,13,18,20H,6-7,12,14-16H2,1-3H3. The van der Waals surface area contributed by atoms with Gasteiger partial charge in [0.2, 0.25) is 5.91 Å². The Morgan fingerprint density at radius 1 is 1.16 bits per heavy atom. The fourth-order valence-electron chi connectivity index (χ4n) is 4.38. The van der Waals surface area contributed by atoms with Crippen molar-refractivity contribution in [2.45, 2.75) is 25.0 Å². The van der Waals surface area contributed by atoms with Crippen molar-refractivity contribution in [1.29, 1.82) is 0 Å². The summed E-state index contributed by atoms with van der Waals surface area (Å²) >= 11 is 0. The van der Waals surface area contributed by atoms with Crippen LogP contribution in [0.15, 0.2) is 42.5 Å². The van der Waals surface area contributed by atoms with Gasteiger partial charge in [-0.05, 0) is 50.2 Å². The Balaban J connectivity index is 1.39. The fraction of sp³-hybridized carbons (Fsp3) is 0.458. The largest absolute Gasteiger partial charge is 0.497 e. The van der Waals surface area contributed by atoms with E-state index in [9.17, 15) is 4.79 Å². The van der Waals surface area contributed by atoms with Gasteiger partial charge in [-0.15, -0.1) is 0 Å². The number of ether oxygens (including phenoxy) is 4. The number of hydrogen-bond acceptors (Lipinski definition) is 6. The molecule has 0 aliphatic carbocycles. The number of benzene rings is 2. The monoisotopic (exact) mass is 426 g/mol. The van der Waals surface area contributed by atoms with Gasteiger partial charge in [-0.3, -0.25) is 9.69 Å². The van der Waals surface area contributed by atoms with Crippen LogP contribution in [0, 0.1) is 0 Å². The van der Waals surface area contributed by atoms with Crippen molar-refractivity contribution in [2.75, 3.05) is 47.5 Å². The molecule has 2 unspecified atom stereocenters. The molecule has 31 heavy (non-hydrogen) atoms. The van der Waals surface area contributed by atoms with E-state index < -0.39 is 0 Å². The average molecular weight is 427 g/mol. The minimum absolute atomic E-state index is 0.00732. The van der Waals surface area contributed by atoms with Crippen LogP contribution in [-0.4, -0.2) is 69.3 Å². The zero-order valence-corrected chi connectivity index (χ0v) is 18.4. The van der Waals surface area contributed by atoms with Gasteiger partial charge in [-0.2, -0.15) is 0 Å². The summed E-state index contributed by atoms with van der Waals surface area (Å²) in [4.78, 5) is 17.1. The van der Waals surface area contributed by atoms with Crippen molar-refractivity contribution in [3.8, 4) is 23.0 Å². The predicted molar refractivity (Wildman–Crippen MR) is 117 cm³/mol. The smallest absolute Gasteiger partial charge is 0.237 e. The summed E-state index contributed by atoms with van der Waals surface area (Å²) in [5, 5.41) is 0. The molecule has 166 valence electrons. The van der Waals surface area contributed by atoms with Gasteiger partial charge in [0.25, 0.3) is 0 Å². The first kappa shape index (κ1) is 21.3. The second kappa shape index (κ2) is 9.47. The number of nitrogens with zero attached hydrogens (tertiary/aromatic N) is 2. The summed E-state index contributed by atoms with van der Waals surface area (Å²) in [7, 11) is 5.25. The molecule has 7 nitrogen and oxygen atoms in total. The van der Waals surface area contributed by atoms with E-state index in [1.54, 1.807) is 14.2 Å². The van der Waals surface area contributed by atoms with E-state index in [0.717, 1.165) is 47.9 Å². The quantitative estimate of drug-likeness (QED) is 0.678. The van der Waals surface area contributed by atoms with Gasteiger partial charge in [0.15, 0.2) is 11.5 Å². The van der Waals surface area contributed by atoms with Crippen LogP contribution in [-0.2, 0) is 4.79 Å². The van der Waals surface area contributed by atoms with E-state index in [1.807, 2.05) is 59.3 Å². The Hall–Kier alpha value is -2.93. The van der Waals surface area contributed by atoms with Crippen molar-refractivity contribution >= 4 is 5.91 Å². The molecule has 0 aromatic heterocycles. The number of rotatable bonds is 7. The SMILES string of the molecule is COc1ccc(OC)c(C2CCCN2C(=O)CN(C)CC2COc3ccccc3O2)c1. The minimum Gasteiger partial charge on any atom is -0.497 e. The fourth-order valence-corrected chi connectivity index (χ4v) is 4.38. The molecule has 0 bridgehead atoms. The third kappa shape index (κ3) is 4.71. The molecule has 2 aliphatic rings. The molecule has 2 atom stereocenters. The third-order valence-electron chi connectivity index (χ3n) is 5.86. The predicted octanol–water partition coefficient (Wildman–Crippen LogP) is 3.14. The van der Waals surface area contributed by atoms with Crippen molar-refractivity contribution in [1.82, 2.24) is 9.80 Å². The van der Waals surface area contributed by atoms with Crippen LogP contribution >= 0.6 is 0 Å². The van der Waals surface area contributed by atoms with E-state index in [4.69, 9.17) is 18.9 Å². The molecular weight excluding hydrogens is 396 g/mol. The Morgan fingerprint density at radius 3 is 2.74 bits per heavy atom. The van der Waals surface area contributed by atoms with E-state index in [1.165, 1.54) is 0 Å². The van der Waals surface area contributed by atoms with Crippen LogP contribution in [0.25, 0.3) is 0 Å². The Bertz CT molecular complexity index is 919. The Kier molecular flexibility index (Phi) is 6.51. The molecule has 2 heterocycles. The molecule has 2 aliphatic heterocycles. The highest BCUT2D eigenvalue weighted by atomic mass is 16.6. The summed E-state index contributed by atoms with van der Waals surface area (Å²) in [6.07, 6.45) is 1.77. The number of amides is 1. The van der Waals surface area contributed by atoms with Crippen molar-refractivity contribution in [3.63, 3.8) is 0 Å². The van der Waals surface area contributed by atoms with Crippen LogP contribution in [0.5, 0.6) is 23.0 Å². The zero-order chi connectivity index (χ0) is 21.8. The van der Waals surface area contributed by atoms with Crippen LogP contribution in [0.2, 0.25) is 0 Å². The van der Waals surface area contributed by atoms with Gasteiger partial charge in [0.05, 0.1) is 26.8 Å². The van der Waals surface area contributed by atoms with Gasteiger partial charge >= 0.3 is 0 Å². The number of carbonyl (C=O) groups excluding carboxylic acids is 1. The maximum atomic E-state index is 13.2. The lowest BCUT2D eigenvalue weighted by Gasteiger charge is -2.31. The van der Waals surface area contributed by atoms with E-state index in [0.29, 0.717) is 19.7 Å². The normalized spacial score (nSPS) is 20.1. The highest BCUT2D eigenvalue weighted by Crippen LogP contribution is 2.39. The van der Waals surface area contributed by atoms with Gasteiger partial charge < -0.3 is 23.8 Å². The van der Waals surface area contributed by atoms with Crippen molar-refractivity contribution in [2.24, 2.45) is 0 Å². The topological polar surface area (TPSA) is 60.5 Å². The molecule has 1 saturated heterocycles. The maximum absolute atomic E-state index is 13.2. The molecule has 1 amide bonds. The number of para-hydroxylation sites is 2. The first-order chi connectivity index (χ1) is 15.1. The van der Waals surface area contributed by atoms with Crippen LogP contribution in [0.4, 0.5) is 0 Å². The Morgan fingerprint density at radius 2 is 1.97 bits per heavy atom. The lowest BCUT2D eigenvalue weighted by molar-refractivity contribution is -0.133. The average Bonchev–Trinajstić information content (AvgIpc) is 3.28. The number of fused-ring (bicyclic) bond motifs is 1. The van der Waals surface area contributed by atoms with Gasteiger partial charge in [0, 0.05) is 18.7 Å². The summed E-state index contributed by atoms with van der Waals surface area (Å²) in [6, 6.07) is 13.4. The summed E-state index contributed by atoms with van der Waals surface area (Å²) in [5.41, 5.74) is 0.996. The molecule has 2 aromatic carbocycles. The van der Waals surface area contributed by atoms with E-state index in [-0.39, 0.29) is 18.1 Å². The van der Waals surface area contributed by atoms with Crippen LogP contribution < -0.4 is 18.9 Å². The number of likely N-dealkylation sites (N-methyl/N-ethyl adjacent to an activating group) is 1. The molecule has 1 fully saturated rings. The van der Waals surface area contributed by atoms with Gasteiger partial charge in [-0.25, -0.2) is 0 Å².